The molecule has 2 rings (SSSR count). The molecule has 5 heteroatoms. The second kappa shape index (κ2) is 7.50. The van der Waals surface area contributed by atoms with Gasteiger partial charge in [0.2, 0.25) is 0 Å². The van der Waals surface area contributed by atoms with E-state index < -0.39 is 6.10 Å². The number of ether oxygens (including phenoxy) is 1. The summed E-state index contributed by atoms with van der Waals surface area (Å²) in [4.78, 5) is 1.26. The number of hydrogen-bond donors (Lipinski definition) is 2. The molecule has 2 N–H and O–H groups in total. The highest BCUT2D eigenvalue weighted by atomic mass is 35.5. The molecule has 2 aromatic rings. The normalized spacial score (nSPS) is 12.3. The van der Waals surface area contributed by atoms with E-state index in [1.165, 1.54) is 4.88 Å². The first kappa shape index (κ1) is 14.3. The van der Waals surface area contributed by atoms with E-state index in [2.05, 4.69) is 11.4 Å². The van der Waals surface area contributed by atoms with Crippen molar-refractivity contribution in [2.24, 2.45) is 0 Å². The van der Waals surface area contributed by atoms with Crippen LogP contribution in [0.15, 0.2) is 41.8 Å². The molecule has 0 amide bonds. The largest absolute Gasteiger partial charge is 0.491 e. The third-order valence-corrected chi connectivity index (χ3v) is 3.64. The van der Waals surface area contributed by atoms with Gasteiger partial charge in [0, 0.05) is 23.0 Å². The SMILES string of the molecule is OC(CNCc1cccs1)COc1ccc(Cl)cc1. The monoisotopic (exact) mass is 297 g/mol. The molecule has 19 heavy (non-hydrogen) atoms. The van der Waals surface area contributed by atoms with E-state index in [1.807, 2.05) is 11.4 Å². The average molecular weight is 298 g/mol. The first-order valence-corrected chi connectivity index (χ1v) is 7.29. The first-order chi connectivity index (χ1) is 9.24. The van der Waals surface area contributed by atoms with E-state index in [9.17, 15) is 5.11 Å². The summed E-state index contributed by atoms with van der Waals surface area (Å²) in [5.74, 6) is 0.710. The van der Waals surface area contributed by atoms with Crippen LogP contribution in [0.2, 0.25) is 5.02 Å². The van der Waals surface area contributed by atoms with Crippen molar-refractivity contribution >= 4 is 22.9 Å². The van der Waals surface area contributed by atoms with Gasteiger partial charge in [0.15, 0.2) is 0 Å². The van der Waals surface area contributed by atoms with Crippen molar-refractivity contribution in [1.82, 2.24) is 5.32 Å². The van der Waals surface area contributed by atoms with Crippen molar-refractivity contribution in [3.8, 4) is 5.75 Å². The quantitative estimate of drug-likeness (QED) is 0.826. The van der Waals surface area contributed by atoms with Gasteiger partial charge in [0.25, 0.3) is 0 Å². The van der Waals surface area contributed by atoms with E-state index in [0.717, 1.165) is 6.54 Å². The summed E-state index contributed by atoms with van der Waals surface area (Å²) in [6.07, 6.45) is -0.532. The van der Waals surface area contributed by atoms with Gasteiger partial charge in [-0.2, -0.15) is 0 Å². The maximum absolute atomic E-state index is 9.78. The molecule has 0 saturated heterocycles. The standard InChI is InChI=1S/C14H16ClNO2S/c15-11-3-5-13(6-4-11)18-10-12(17)8-16-9-14-2-1-7-19-14/h1-7,12,16-17H,8-10H2. The Hall–Kier alpha value is -1.07. The topological polar surface area (TPSA) is 41.5 Å². The van der Waals surface area contributed by atoms with Crippen LogP contribution in [0, 0.1) is 0 Å². The lowest BCUT2D eigenvalue weighted by Gasteiger charge is -2.13. The molecule has 1 atom stereocenters. The number of halogens is 1. The highest BCUT2D eigenvalue weighted by molar-refractivity contribution is 7.09. The van der Waals surface area contributed by atoms with Gasteiger partial charge in [-0.25, -0.2) is 0 Å². The fourth-order valence-corrected chi connectivity index (χ4v) is 2.36. The van der Waals surface area contributed by atoms with Gasteiger partial charge in [-0.3, -0.25) is 0 Å². The molecular weight excluding hydrogens is 282 g/mol. The van der Waals surface area contributed by atoms with Crippen LogP contribution in [0.3, 0.4) is 0 Å². The van der Waals surface area contributed by atoms with E-state index in [4.69, 9.17) is 16.3 Å². The minimum absolute atomic E-state index is 0.263. The van der Waals surface area contributed by atoms with Gasteiger partial charge in [-0.1, -0.05) is 17.7 Å². The van der Waals surface area contributed by atoms with Crippen molar-refractivity contribution in [1.29, 1.82) is 0 Å². The lowest BCUT2D eigenvalue weighted by Crippen LogP contribution is -2.30. The van der Waals surface area contributed by atoms with Gasteiger partial charge in [0.05, 0.1) is 0 Å². The van der Waals surface area contributed by atoms with Crippen LogP contribution in [0.1, 0.15) is 4.88 Å². The van der Waals surface area contributed by atoms with Crippen LogP contribution in [0.4, 0.5) is 0 Å². The first-order valence-electron chi connectivity index (χ1n) is 6.03. The highest BCUT2D eigenvalue weighted by Crippen LogP contribution is 2.15. The zero-order valence-corrected chi connectivity index (χ0v) is 12.0. The number of thiophene rings is 1. The number of nitrogens with one attached hydrogen (secondary N) is 1. The van der Waals surface area contributed by atoms with E-state index in [1.54, 1.807) is 35.6 Å². The molecule has 0 fully saturated rings. The summed E-state index contributed by atoms with van der Waals surface area (Å²) in [5, 5.41) is 15.7. The van der Waals surface area contributed by atoms with Crippen molar-refractivity contribution in [3.05, 3.63) is 51.7 Å². The molecule has 1 aromatic carbocycles. The number of benzene rings is 1. The zero-order valence-electron chi connectivity index (χ0n) is 10.4. The van der Waals surface area contributed by atoms with Crippen molar-refractivity contribution in [2.75, 3.05) is 13.2 Å². The second-order valence-corrected chi connectivity index (χ2v) is 5.60. The molecule has 1 heterocycles. The molecule has 1 unspecified atom stereocenters. The molecule has 0 saturated carbocycles. The number of rotatable bonds is 7. The lowest BCUT2D eigenvalue weighted by atomic mass is 10.3. The fraction of sp³-hybridized carbons (Fsp3) is 0.286. The van der Waals surface area contributed by atoms with Crippen molar-refractivity contribution < 1.29 is 9.84 Å². The van der Waals surface area contributed by atoms with E-state index >= 15 is 0 Å². The lowest BCUT2D eigenvalue weighted by molar-refractivity contribution is 0.106. The van der Waals surface area contributed by atoms with Crippen LogP contribution >= 0.6 is 22.9 Å². The molecule has 1 aromatic heterocycles. The third-order valence-electron chi connectivity index (χ3n) is 2.52. The van der Waals surface area contributed by atoms with Gasteiger partial charge in [0.1, 0.15) is 18.5 Å². The van der Waals surface area contributed by atoms with E-state index in [-0.39, 0.29) is 6.61 Å². The zero-order chi connectivity index (χ0) is 13.5. The molecule has 3 nitrogen and oxygen atoms in total. The van der Waals surface area contributed by atoms with E-state index in [0.29, 0.717) is 17.3 Å². The fourth-order valence-electron chi connectivity index (χ4n) is 1.56. The Morgan fingerprint density at radius 1 is 1.26 bits per heavy atom. The molecule has 102 valence electrons. The Bertz CT molecular complexity index is 473. The maximum atomic E-state index is 9.78. The maximum Gasteiger partial charge on any atom is 0.119 e. The summed E-state index contributed by atoms with van der Waals surface area (Å²) in [6, 6.07) is 11.2. The Labute approximate surface area is 121 Å². The summed E-state index contributed by atoms with van der Waals surface area (Å²) < 4.78 is 5.46. The molecule has 0 radical (unpaired) electrons. The Morgan fingerprint density at radius 3 is 2.74 bits per heavy atom. The number of hydrogen-bond acceptors (Lipinski definition) is 4. The van der Waals surface area contributed by atoms with Gasteiger partial charge >= 0.3 is 0 Å². The second-order valence-electron chi connectivity index (χ2n) is 4.13. The van der Waals surface area contributed by atoms with Gasteiger partial charge in [-0.05, 0) is 35.7 Å². The molecule has 0 aliphatic rings. The smallest absolute Gasteiger partial charge is 0.119 e. The Morgan fingerprint density at radius 2 is 2.05 bits per heavy atom. The van der Waals surface area contributed by atoms with Gasteiger partial charge < -0.3 is 15.2 Å². The summed E-state index contributed by atoms with van der Waals surface area (Å²) in [5.41, 5.74) is 0. The van der Waals surface area contributed by atoms with Crippen LogP contribution in [0.25, 0.3) is 0 Å². The predicted octanol–water partition coefficient (Wildman–Crippen LogP) is 2.93. The van der Waals surface area contributed by atoms with Crippen LogP contribution in [-0.4, -0.2) is 24.4 Å². The molecule has 0 spiro atoms. The van der Waals surface area contributed by atoms with Crippen molar-refractivity contribution in [3.63, 3.8) is 0 Å². The molecule has 0 bridgehead atoms. The van der Waals surface area contributed by atoms with Crippen LogP contribution < -0.4 is 10.1 Å². The molecule has 0 aliphatic carbocycles. The summed E-state index contributed by atoms with van der Waals surface area (Å²) in [7, 11) is 0. The summed E-state index contributed by atoms with van der Waals surface area (Å²) in [6.45, 7) is 1.54. The minimum Gasteiger partial charge on any atom is -0.491 e. The van der Waals surface area contributed by atoms with Crippen LogP contribution in [-0.2, 0) is 6.54 Å². The third kappa shape index (κ3) is 5.20. The molecular formula is C14H16ClNO2S. The highest BCUT2D eigenvalue weighted by Gasteiger charge is 2.05. The average Bonchev–Trinajstić information content (AvgIpc) is 2.91. The van der Waals surface area contributed by atoms with Crippen molar-refractivity contribution in [2.45, 2.75) is 12.6 Å². The van der Waals surface area contributed by atoms with Gasteiger partial charge in [-0.15, -0.1) is 11.3 Å². The summed E-state index contributed by atoms with van der Waals surface area (Å²) >= 11 is 7.48. The number of aliphatic hydroxyl groups is 1. The minimum atomic E-state index is -0.532. The van der Waals surface area contributed by atoms with Crippen LogP contribution in [0.5, 0.6) is 5.75 Å². The molecule has 0 aliphatic heterocycles. The predicted molar refractivity (Wildman–Crippen MR) is 79.0 cm³/mol. The Balaban J connectivity index is 1.64. The number of aliphatic hydroxyl groups excluding tert-OH is 1. The Kier molecular flexibility index (Phi) is 5.66.